The third-order valence-corrected chi connectivity index (χ3v) is 5.08. The first-order valence-corrected chi connectivity index (χ1v) is 8.20. The Morgan fingerprint density at radius 3 is 2.77 bits per heavy atom. The summed E-state index contributed by atoms with van der Waals surface area (Å²) < 4.78 is 0. The van der Waals surface area contributed by atoms with E-state index in [4.69, 9.17) is 18.0 Å². The van der Waals surface area contributed by atoms with Crippen LogP contribution in [0.15, 0.2) is 24.4 Å². The zero-order chi connectivity index (χ0) is 15.7. The van der Waals surface area contributed by atoms with Crippen LogP contribution in [0.1, 0.15) is 30.9 Å². The molecule has 1 aromatic carbocycles. The Hall–Kier alpha value is -1.88. The number of rotatable bonds is 3. The van der Waals surface area contributed by atoms with E-state index in [0.717, 1.165) is 42.9 Å². The Labute approximate surface area is 135 Å². The van der Waals surface area contributed by atoms with Gasteiger partial charge in [0.05, 0.1) is 0 Å². The number of para-hydroxylation sites is 1. The number of hydrogen-bond acceptors (Lipinski definition) is 2. The number of aromatic nitrogens is 1. The summed E-state index contributed by atoms with van der Waals surface area (Å²) in [4.78, 5) is 17.7. The summed E-state index contributed by atoms with van der Waals surface area (Å²) in [5, 5.41) is 1.18. The minimum absolute atomic E-state index is 0.00582. The summed E-state index contributed by atoms with van der Waals surface area (Å²) in [6.45, 7) is 3.75. The molecule has 116 valence electrons. The largest absolute Gasteiger partial charge is 0.369 e. The van der Waals surface area contributed by atoms with Crippen molar-refractivity contribution in [3.05, 3.63) is 35.5 Å². The van der Waals surface area contributed by atoms with Gasteiger partial charge in [0.15, 0.2) is 0 Å². The molecule has 0 saturated carbocycles. The lowest BCUT2D eigenvalue weighted by Crippen LogP contribution is -2.41. The highest BCUT2D eigenvalue weighted by Gasteiger charge is 2.25. The van der Waals surface area contributed by atoms with Crippen LogP contribution in [0.25, 0.3) is 10.9 Å². The molecule has 0 spiro atoms. The van der Waals surface area contributed by atoms with Crippen molar-refractivity contribution in [1.82, 2.24) is 9.88 Å². The summed E-state index contributed by atoms with van der Waals surface area (Å²) in [7, 11) is 0. The molecule has 0 radical (unpaired) electrons. The van der Waals surface area contributed by atoms with Gasteiger partial charge < -0.3 is 15.6 Å². The maximum atomic E-state index is 11.3. The number of nitrogens with one attached hydrogen (secondary N) is 1. The third-order valence-electron chi connectivity index (χ3n) is 4.60. The van der Waals surface area contributed by atoms with Crippen LogP contribution in [-0.2, 0) is 11.2 Å². The molecule has 1 aromatic heterocycles. The van der Waals surface area contributed by atoms with E-state index in [0.29, 0.717) is 0 Å². The van der Waals surface area contributed by atoms with Gasteiger partial charge in [0.25, 0.3) is 0 Å². The molecule has 3 N–H and O–H groups in total. The van der Waals surface area contributed by atoms with Crippen LogP contribution in [0.5, 0.6) is 0 Å². The average Bonchev–Trinajstić information content (AvgIpc) is 2.98. The first-order valence-electron chi connectivity index (χ1n) is 7.79. The van der Waals surface area contributed by atoms with E-state index in [1.807, 2.05) is 6.20 Å². The number of hydrogen-bond donors (Lipinski definition) is 2. The summed E-state index contributed by atoms with van der Waals surface area (Å²) >= 11 is 5.70. The first-order chi connectivity index (χ1) is 10.6. The number of nitrogens with two attached hydrogens (primary N) is 1. The molecule has 1 aliphatic rings. The molecule has 2 heterocycles. The Morgan fingerprint density at radius 1 is 1.41 bits per heavy atom. The number of piperidine rings is 1. The number of amides is 1. The highest BCUT2D eigenvalue weighted by Crippen LogP contribution is 2.26. The smallest absolute Gasteiger partial charge is 0.220 e. The summed E-state index contributed by atoms with van der Waals surface area (Å²) in [5.74, 6) is -0.195. The van der Waals surface area contributed by atoms with Crippen molar-refractivity contribution in [2.45, 2.75) is 26.2 Å². The fourth-order valence-corrected chi connectivity index (χ4v) is 3.58. The second-order valence-corrected chi connectivity index (χ2v) is 6.25. The number of carbonyl (C=O) groups excluding carboxylic acids is 1. The van der Waals surface area contributed by atoms with Crippen molar-refractivity contribution in [2.24, 2.45) is 11.7 Å². The number of carbonyl (C=O) groups is 1. The third kappa shape index (κ3) is 2.61. The van der Waals surface area contributed by atoms with E-state index >= 15 is 0 Å². The van der Waals surface area contributed by atoms with Crippen molar-refractivity contribution in [2.75, 3.05) is 13.1 Å². The van der Waals surface area contributed by atoms with Gasteiger partial charge in [-0.3, -0.25) is 4.79 Å². The molecule has 5 heteroatoms. The summed E-state index contributed by atoms with van der Waals surface area (Å²) in [5.41, 5.74) is 8.96. The second kappa shape index (κ2) is 6.08. The fraction of sp³-hybridized carbons (Fsp3) is 0.412. The van der Waals surface area contributed by atoms with Crippen LogP contribution in [0.2, 0.25) is 0 Å². The van der Waals surface area contributed by atoms with Crippen LogP contribution in [0.3, 0.4) is 0 Å². The number of primary amides is 1. The summed E-state index contributed by atoms with van der Waals surface area (Å²) in [6.07, 6.45) is 4.58. The van der Waals surface area contributed by atoms with Gasteiger partial charge in [-0.25, -0.2) is 0 Å². The number of likely N-dealkylation sites (tertiary alicyclic amines) is 1. The van der Waals surface area contributed by atoms with Crippen LogP contribution in [-0.4, -0.2) is 33.9 Å². The number of benzene rings is 1. The van der Waals surface area contributed by atoms with E-state index < -0.39 is 0 Å². The normalized spacial score (nSPS) is 16.1. The van der Waals surface area contributed by atoms with E-state index in [9.17, 15) is 4.79 Å². The maximum absolute atomic E-state index is 11.3. The standard InChI is InChI=1S/C17H21N3OS/c1-2-11-4-3-5-13-14(10-19-15(11)13)17(22)20-8-6-12(7-9-20)16(18)21/h3-5,10,12,19H,2,6-9H2,1H3,(H2,18,21). The van der Waals surface area contributed by atoms with Gasteiger partial charge in [-0.05, 0) is 24.8 Å². The molecule has 22 heavy (non-hydrogen) atoms. The van der Waals surface area contributed by atoms with E-state index in [-0.39, 0.29) is 11.8 Å². The SMILES string of the molecule is CCc1cccc2c(C(=S)N3CCC(C(N)=O)CC3)c[nH]c12. The number of aryl methyl sites for hydroxylation is 1. The minimum Gasteiger partial charge on any atom is -0.369 e. The molecule has 2 aromatic rings. The maximum Gasteiger partial charge on any atom is 0.220 e. The predicted octanol–water partition coefficient (Wildman–Crippen LogP) is 2.60. The quantitative estimate of drug-likeness (QED) is 0.856. The zero-order valence-electron chi connectivity index (χ0n) is 12.8. The first kappa shape index (κ1) is 15.0. The second-order valence-electron chi connectivity index (χ2n) is 5.86. The highest BCUT2D eigenvalue weighted by atomic mass is 32.1. The topological polar surface area (TPSA) is 62.1 Å². The number of thiocarbonyl (C=S) groups is 1. The Bertz CT molecular complexity index is 714. The molecular weight excluding hydrogens is 294 g/mol. The molecule has 0 bridgehead atoms. The zero-order valence-corrected chi connectivity index (χ0v) is 13.6. The minimum atomic E-state index is -0.190. The van der Waals surface area contributed by atoms with Gasteiger partial charge in [-0.2, -0.15) is 0 Å². The van der Waals surface area contributed by atoms with Gasteiger partial charge >= 0.3 is 0 Å². The molecule has 0 unspecified atom stereocenters. The van der Waals surface area contributed by atoms with E-state index in [1.165, 1.54) is 16.5 Å². The number of H-pyrrole nitrogens is 1. The lowest BCUT2D eigenvalue weighted by molar-refractivity contribution is -0.122. The van der Waals surface area contributed by atoms with Crippen molar-refractivity contribution in [1.29, 1.82) is 0 Å². The lowest BCUT2D eigenvalue weighted by Gasteiger charge is -2.32. The van der Waals surface area contributed by atoms with Gasteiger partial charge in [0.1, 0.15) is 4.99 Å². The summed E-state index contributed by atoms with van der Waals surface area (Å²) in [6, 6.07) is 6.34. The van der Waals surface area contributed by atoms with Crippen molar-refractivity contribution in [3.8, 4) is 0 Å². The van der Waals surface area contributed by atoms with Crippen LogP contribution in [0, 0.1) is 5.92 Å². The number of aromatic amines is 1. The molecule has 0 aliphatic carbocycles. The Kier molecular flexibility index (Phi) is 4.16. The highest BCUT2D eigenvalue weighted by molar-refractivity contribution is 7.80. The van der Waals surface area contributed by atoms with Crippen molar-refractivity contribution in [3.63, 3.8) is 0 Å². The van der Waals surface area contributed by atoms with E-state index in [1.54, 1.807) is 0 Å². The molecule has 1 fully saturated rings. The van der Waals surface area contributed by atoms with Gasteiger partial charge in [0, 0.05) is 41.7 Å². The van der Waals surface area contributed by atoms with Crippen molar-refractivity contribution < 1.29 is 4.79 Å². The molecule has 0 atom stereocenters. The molecule has 1 amide bonds. The van der Waals surface area contributed by atoms with E-state index in [2.05, 4.69) is 35.0 Å². The molecule has 1 saturated heterocycles. The molecule has 3 rings (SSSR count). The number of fused-ring (bicyclic) bond motifs is 1. The van der Waals surface area contributed by atoms with Gasteiger partial charge in [0.2, 0.25) is 5.91 Å². The van der Waals surface area contributed by atoms with Crippen LogP contribution < -0.4 is 5.73 Å². The van der Waals surface area contributed by atoms with Crippen LogP contribution in [0.4, 0.5) is 0 Å². The average molecular weight is 315 g/mol. The van der Waals surface area contributed by atoms with Gasteiger partial charge in [-0.1, -0.05) is 37.3 Å². The molecular formula is C17H21N3OS. The van der Waals surface area contributed by atoms with Crippen molar-refractivity contribution >= 4 is 34.0 Å². The Morgan fingerprint density at radius 2 is 2.14 bits per heavy atom. The molecule has 4 nitrogen and oxygen atoms in total. The monoisotopic (exact) mass is 315 g/mol. The lowest BCUT2D eigenvalue weighted by atomic mass is 9.96. The van der Waals surface area contributed by atoms with Gasteiger partial charge in [-0.15, -0.1) is 0 Å². The Balaban J connectivity index is 1.83. The number of nitrogens with zero attached hydrogens (tertiary/aromatic N) is 1. The molecule has 1 aliphatic heterocycles. The fourth-order valence-electron chi connectivity index (χ4n) is 3.23. The predicted molar refractivity (Wildman–Crippen MR) is 92.9 cm³/mol. The van der Waals surface area contributed by atoms with Crippen LogP contribution >= 0.6 is 12.2 Å².